The Labute approximate surface area is 198 Å². The molecule has 2 aromatic carbocycles. The fraction of sp³-hybridized carbons (Fsp3) is 0.552. The standard InChI is InChI=1S/C29H36N2O2/c30-20-23-10-12-27(13-11-23)33-19-5-16-31-17-14-26(15-18-31)29(25-7-2-3-8-25)22-32-21-24-6-1-4-9-28(24)29/h1,4,6,9-13,25-26H,2-3,5,7-8,14-19,21-22H2. The van der Waals surface area contributed by atoms with E-state index >= 15 is 0 Å². The predicted molar refractivity (Wildman–Crippen MR) is 130 cm³/mol. The van der Waals surface area contributed by atoms with E-state index in [4.69, 9.17) is 14.7 Å². The molecule has 5 rings (SSSR count). The van der Waals surface area contributed by atoms with Crippen molar-refractivity contribution in [3.05, 3.63) is 65.2 Å². The Hall–Kier alpha value is -2.35. The Balaban J connectivity index is 1.17. The summed E-state index contributed by atoms with van der Waals surface area (Å²) in [4.78, 5) is 2.62. The van der Waals surface area contributed by atoms with Gasteiger partial charge in [0.1, 0.15) is 5.75 Å². The summed E-state index contributed by atoms with van der Waals surface area (Å²) in [7, 11) is 0. The molecule has 1 saturated heterocycles. The van der Waals surface area contributed by atoms with E-state index in [9.17, 15) is 0 Å². The van der Waals surface area contributed by atoms with Crippen molar-refractivity contribution in [3.8, 4) is 11.8 Å². The van der Waals surface area contributed by atoms with Gasteiger partial charge in [0.2, 0.25) is 0 Å². The summed E-state index contributed by atoms with van der Waals surface area (Å²) >= 11 is 0. The number of hydrogen-bond acceptors (Lipinski definition) is 4. The molecule has 1 unspecified atom stereocenters. The average molecular weight is 445 g/mol. The Morgan fingerprint density at radius 2 is 1.70 bits per heavy atom. The third kappa shape index (κ3) is 4.67. The van der Waals surface area contributed by atoms with Crippen LogP contribution in [-0.4, -0.2) is 37.7 Å². The molecule has 0 amide bonds. The van der Waals surface area contributed by atoms with Gasteiger partial charge in [0.15, 0.2) is 0 Å². The first-order valence-corrected chi connectivity index (χ1v) is 12.8. The van der Waals surface area contributed by atoms with Gasteiger partial charge in [0.05, 0.1) is 31.5 Å². The van der Waals surface area contributed by atoms with Gasteiger partial charge >= 0.3 is 0 Å². The van der Waals surface area contributed by atoms with E-state index in [1.165, 1.54) is 57.2 Å². The van der Waals surface area contributed by atoms with Crippen LogP contribution in [0, 0.1) is 23.2 Å². The molecule has 2 fully saturated rings. The van der Waals surface area contributed by atoms with Crippen molar-refractivity contribution in [2.45, 2.75) is 57.0 Å². The van der Waals surface area contributed by atoms with Gasteiger partial charge in [-0.05, 0) is 92.4 Å². The van der Waals surface area contributed by atoms with Crippen LogP contribution in [-0.2, 0) is 16.8 Å². The lowest BCUT2D eigenvalue weighted by Crippen LogP contribution is -2.52. The summed E-state index contributed by atoms with van der Waals surface area (Å²) in [6.45, 7) is 5.86. The number of nitriles is 1. The van der Waals surface area contributed by atoms with Gasteiger partial charge in [-0.1, -0.05) is 37.1 Å². The monoisotopic (exact) mass is 444 g/mol. The van der Waals surface area contributed by atoms with Gasteiger partial charge in [-0.15, -0.1) is 0 Å². The highest BCUT2D eigenvalue weighted by Gasteiger charge is 2.50. The second kappa shape index (κ2) is 10.3. The van der Waals surface area contributed by atoms with Gasteiger partial charge in [0, 0.05) is 12.0 Å². The fourth-order valence-corrected chi connectivity index (χ4v) is 6.73. The molecule has 33 heavy (non-hydrogen) atoms. The third-order valence-electron chi connectivity index (χ3n) is 8.39. The lowest BCUT2D eigenvalue weighted by atomic mass is 9.58. The van der Waals surface area contributed by atoms with Crippen LogP contribution in [0.4, 0.5) is 0 Å². The average Bonchev–Trinajstić information content (AvgIpc) is 3.43. The largest absolute Gasteiger partial charge is 0.494 e. The molecule has 1 aliphatic carbocycles. The maximum atomic E-state index is 8.91. The van der Waals surface area contributed by atoms with E-state index in [1.54, 1.807) is 5.56 Å². The van der Waals surface area contributed by atoms with Gasteiger partial charge in [-0.3, -0.25) is 0 Å². The first-order valence-electron chi connectivity index (χ1n) is 12.8. The molecule has 0 spiro atoms. The van der Waals surface area contributed by atoms with Crippen LogP contribution in [0.1, 0.15) is 61.6 Å². The number of nitrogens with zero attached hydrogens (tertiary/aromatic N) is 2. The second-order valence-corrected chi connectivity index (χ2v) is 10.1. The molecule has 2 aliphatic heterocycles. The normalized spacial score (nSPS) is 24.3. The predicted octanol–water partition coefficient (Wildman–Crippen LogP) is 5.70. The van der Waals surface area contributed by atoms with Gasteiger partial charge in [0.25, 0.3) is 0 Å². The Morgan fingerprint density at radius 1 is 0.970 bits per heavy atom. The molecule has 3 aliphatic rings. The molecule has 2 heterocycles. The molecule has 1 atom stereocenters. The van der Waals surface area contributed by atoms with Crippen LogP contribution in [0.3, 0.4) is 0 Å². The zero-order chi connectivity index (χ0) is 22.5. The molecule has 1 saturated carbocycles. The number of piperidine rings is 1. The quantitative estimate of drug-likeness (QED) is 0.514. The number of likely N-dealkylation sites (tertiary alicyclic amines) is 1. The number of fused-ring (bicyclic) bond motifs is 1. The highest BCUT2D eigenvalue weighted by atomic mass is 16.5. The summed E-state index contributed by atoms with van der Waals surface area (Å²) in [6.07, 6.45) is 9.06. The maximum absolute atomic E-state index is 8.91. The summed E-state index contributed by atoms with van der Waals surface area (Å²) in [6, 6.07) is 18.7. The second-order valence-electron chi connectivity index (χ2n) is 10.1. The number of hydrogen-bond donors (Lipinski definition) is 0. The molecule has 174 valence electrons. The van der Waals surface area contributed by atoms with E-state index in [0.29, 0.717) is 11.5 Å². The van der Waals surface area contributed by atoms with E-state index in [0.717, 1.165) is 44.5 Å². The molecule has 4 nitrogen and oxygen atoms in total. The SMILES string of the molecule is N#Cc1ccc(OCCCN2CCC(C3(C4CCCC4)COCc4ccccc43)CC2)cc1. The van der Waals surface area contributed by atoms with Crippen molar-refractivity contribution < 1.29 is 9.47 Å². The molecule has 2 aromatic rings. The Kier molecular flexibility index (Phi) is 6.99. The molecular formula is C29H36N2O2. The van der Waals surface area contributed by atoms with E-state index in [2.05, 4.69) is 35.2 Å². The van der Waals surface area contributed by atoms with Crippen molar-refractivity contribution in [3.63, 3.8) is 0 Å². The highest BCUT2D eigenvalue weighted by Crippen LogP contribution is 2.52. The molecule has 0 radical (unpaired) electrons. The topological polar surface area (TPSA) is 45.5 Å². The van der Waals surface area contributed by atoms with Crippen LogP contribution in [0.5, 0.6) is 5.75 Å². The van der Waals surface area contributed by atoms with Crippen molar-refractivity contribution in [1.82, 2.24) is 4.90 Å². The lowest BCUT2D eigenvalue weighted by molar-refractivity contribution is -0.0233. The first kappa shape index (κ1) is 22.4. The summed E-state index contributed by atoms with van der Waals surface area (Å²) < 4.78 is 12.2. The van der Waals surface area contributed by atoms with E-state index in [1.807, 2.05) is 24.3 Å². The van der Waals surface area contributed by atoms with Crippen LogP contribution in [0.15, 0.2) is 48.5 Å². The summed E-state index contributed by atoms with van der Waals surface area (Å²) in [5.41, 5.74) is 3.93. The highest BCUT2D eigenvalue weighted by molar-refractivity contribution is 5.38. The van der Waals surface area contributed by atoms with Crippen molar-refractivity contribution in [1.29, 1.82) is 5.26 Å². The molecule has 0 N–H and O–H groups in total. The Morgan fingerprint density at radius 3 is 2.45 bits per heavy atom. The number of ether oxygens (including phenoxy) is 2. The van der Waals surface area contributed by atoms with Crippen molar-refractivity contribution in [2.75, 3.05) is 32.8 Å². The Bertz CT molecular complexity index is 952. The first-order chi connectivity index (χ1) is 16.3. The number of benzene rings is 2. The zero-order valence-electron chi connectivity index (χ0n) is 19.7. The van der Waals surface area contributed by atoms with Gasteiger partial charge in [-0.25, -0.2) is 0 Å². The van der Waals surface area contributed by atoms with Crippen LogP contribution in [0.25, 0.3) is 0 Å². The van der Waals surface area contributed by atoms with Crippen molar-refractivity contribution >= 4 is 0 Å². The van der Waals surface area contributed by atoms with E-state index in [-0.39, 0.29) is 5.41 Å². The minimum Gasteiger partial charge on any atom is -0.494 e. The summed E-state index contributed by atoms with van der Waals surface area (Å²) in [5.74, 6) is 2.34. The van der Waals surface area contributed by atoms with Crippen LogP contribution >= 0.6 is 0 Å². The molecular weight excluding hydrogens is 408 g/mol. The fourth-order valence-electron chi connectivity index (χ4n) is 6.73. The number of rotatable bonds is 7. The van der Waals surface area contributed by atoms with E-state index < -0.39 is 0 Å². The van der Waals surface area contributed by atoms with Crippen LogP contribution in [0.2, 0.25) is 0 Å². The van der Waals surface area contributed by atoms with Crippen LogP contribution < -0.4 is 4.74 Å². The molecule has 0 aromatic heterocycles. The minimum absolute atomic E-state index is 0.218. The molecule has 4 heteroatoms. The minimum atomic E-state index is 0.218. The maximum Gasteiger partial charge on any atom is 0.119 e. The smallest absolute Gasteiger partial charge is 0.119 e. The summed E-state index contributed by atoms with van der Waals surface area (Å²) in [5, 5.41) is 8.91. The lowest BCUT2D eigenvalue weighted by Gasteiger charge is -2.51. The van der Waals surface area contributed by atoms with Gasteiger partial charge < -0.3 is 14.4 Å². The van der Waals surface area contributed by atoms with Gasteiger partial charge in [-0.2, -0.15) is 5.26 Å². The van der Waals surface area contributed by atoms with Crippen molar-refractivity contribution in [2.24, 2.45) is 11.8 Å². The molecule has 0 bridgehead atoms. The zero-order valence-corrected chi connectivity index (χ0v) is 19.7. The third-order valence-corrected chi connectivity index (χ3v) is 8.39.